The number of methoxy groups -OCH3 is 1. The maximum absolute atomic E-state index is 13.3. The first-order chi connectivity index (χ1) is 18.5. The first-order valence-electron chi connectivity index (χ1n) is 12.5. The number of para-hydroxylation sites is 1. The number of ether oxygens (including phenoxy) is 3. The number of rotatable bonds is 9. The lowest BCUT2D eigenvalue weighted by Gasteiger charge is -2.29. The van der Waals surface area contributed by atoms with Gasteiger partial charge in [-0.25, -0.2) is 9.97 Å². The molecule has 1 aliphatic heterocycles. The average Bonchev–Trinajstić information content (AvgIpc) is 3.35. The Morgan fingerprint density at radius 1 is 1.18 bits per heavy atom. The number of hydrogen-bond acceptors (Lipinski definition) is 7. The third-order valence-electron chi connectivity index (χ3n) is 6.37. The minimum atomic E-state index is -0.217. The van der Waals surface area contributed by atoms with Crippen LogP contribution in [0, 0.1) is 0 Å². The zero-order chi connectivity index (χ0) is 26.5. The Morgan fingerprint density at radius 3 is 2.87 bits per heavy atom. The minimum absolute atomic E-state index is 0.108. The van der Waals surface area contributed by atoms with Gasteiger partial charge in [-0.05, 0) is 42.5 Å². The normalized spacial score (nSPS) is 15.4. The molecule has 1 fully saturated rings. The van der Waals surface area contributed by atoms with E-state index in [0.717, 1.165) is 22.4 Å². The van der Waals surface area contributed by atoms with Crippen LogP contribution in [0.2, 0.25) is 5.02 Å². The van der Waals surface area contributed by atoms with Crippen molar-refractivity contribution >= 4 is 34.4 Å². The number of H-pyrrole nitrogens is 1. The van der Waals surface area contributed by atoms with Gasteiger partial charge in [0.05, 0.1) is 55.3 Å². The molecule has 0 saturated carbocycles. The lowest BCUT2D eigenvalue weighted by atomic mass is 10.1. The van der Waals surface area contributed by atoms with Crippen molar-refractivity contribution in [2.75, 3.05) is 52.0 Å². The van der Waals surface area contributed by atoms with Crippen LogP contribution in [0.3, 0.4) is 0 Å². The molecule has 10 heteroatoms. The van der Waals surface area contributed by atoms with E-state index in [-0.39, 0.29) is 12.0 Å². The quantitative estimate of drug-likeness (QED) is 0.332. The fourth-order valence-electron chi connectivity index (χ4n) is 4.50. The van der Waals surface area contributed by atoms with Crippen LogP contribution in [0.25, 0.3) is 22.3 Å². The summed E-state index contributed by atoms with van der Waals surface area (Å²) in [5.41, 5.74) is 3.73. The summed E-state index contributed by atoms with van der Waals surface area (Å²) in [5, 5.41) is 3.66. The SMILES string of the molecule is COc1ccccc1-c1ccc(C(=O)NCCc2nc3ccc(Cl)cc3[nH]2)c(N(C)C[C@@H]2COCCO2)n1. The number of aromatic nitrogens is 3. The Morgan fingerprint density at radius 2 is 2.05 bits per heavy atom. The maximum Gasteiger partial charge on any atom is 0.255 e. The van der Waals surface area contributed by atoms with Gasteiger partial charge in [-0.2, -0.15) is 0 Å². The molecule has 0 unspecified atom stereocenters. The molecule has 3 heterocycles. The summed E-state index contributed by atoms with van der Waals surface area (Å²) in [6.45, 7) is 2.58. The van der Waals surface area contributed by atoms with Gasteiger partial charge in [-0.15, -0.1) is 0 Å². The van der Waals surface area contributed by atoms with E-state index in [1.807, 2.05) is 54.4 Å². The summed E-state index contributed by atoms with van der Waals surface area (Å²) >= 11 is 6.07. The summed E-state index contributed by atoms with van der Waals surface area (Å²) in [5.74, 6) is 1.82. The van der Waals surface area contributed by atoms with Gasteiger partial charge in [-0.3, -0.25) is 4.79 Å². The van der Waals surface area contributed by atoms with Crippen LogP contribution in [-0.2, 0) is 15.9 Å². The third-order valence-corrected chi connectivity index (χ3v) is 6.60. The van der Waals surface area contributed by atoms with Gasteiger partial charge in [0, 0.05) is 37.1 Å². The second kappa shape index (κ2) is 11.8. The van der Waals surface area contributed by atoms with E-state index in [1.54, 1.807) is 19.2 Å². The molecule has 2 N–H and O–H groups in total. The average molecular weight is 536 g/mol. The topological polar surface area (TPSA) is 102 Å². The number of likely N-dealkylation sites (N-methyl/N-ethyl adjacent to an activating group) is 1. The minimum Gasteiger partial charge on any atom is -0.496 e. The van der Waals surface area contributed by atoms with Crippen LogP contribution in [0.1, 0.15) is 16.2 Å². The lowest BCUT2D eigenvalue weighted by molar-refractivity contribution is -0.0837. The van der Waals surface area contributed by atoms with E-state index >= 15 is 0 Å². The summed E-state index contributed by atoms with van der Waals surface area (Å²) in [6.07, 6.45) is 0.436. The van der Waals surface area contributed by atoms with Gasteiger partial charge in [0.1, 0.15) is 17.4 Å². The molecule has 0 radical (unpaired) electrons. The van der Waals surface area contributed by atoms with Crippen LogP contribution in [0.5, 0.6) is 5.75 Å². The van der Waals surface area contributed by atoms with Crippen molar-refractivity contribution < 1.29 is 19.0 Å². The second-order valence-corrected chi connectivity index (χ2v) is 9.50. The predicted molar refractivity (Wildman–Crippen MR) is 147 cm³/mol. The zero-order valence-electron chi connectivity index (χ0n) is 21.4. The predicted octanol–water partition coefficient (Wildman–Crippen LogP) is 4.11. The number of anilines is 1. The number of carbonyl (C=O) groups excluding carboxylic acids is 1. The number of hydrogen-bond donors (Lipinski definition) is 2. The molecule has 5 rings (SSSR count). The number of carbonyl (C=O) groups is 1. The van der Waals surface area contributed by atoms with Crippen molar-refractivity contribution in [1.29, 1.82) is 0 Å². The molecule has 0 bridgehead atoms. The number of fused-ring (bicyclic) bond motifs is 1. The number of imidazole rings is 1. The zero-order valence-corrected chi connectivity index (χ0v) is 22.1. The highest BCUT2D eigenvalue weighted by molar-refractivity contribution is 6.31. The molecule has 2 aromatic carbocycles. The Bertz CT molecular complexity index is 1420. The number of halogens is 1. The van der Waals surface area contributed by atoms with Gasteiger partial charge in [0.25, 0.3) is 5.91 Å². The van der Waals surface area contributed by atoms with E-state index in [4.69, 9.17) is 30.8 Å². The first-order valence-corrected chi connectivity index (χ1v) is 12.9. The molecule has 38 heavy (non-hydrogen) atoms. The number of benzene rings is 2. The molecule has 1 atom stereocenters. The summed E-state index contributed by atoms with van der Waals surface area (Å²) in [4.78, 5) is 28.0. The standard InChI is InChI=1S/C28H30ClN5O4/c1-34(16-19-17-37-13-14-38-19)27-21(8-10-22(33-27)20-5-3-4-6-25(20)36-2)28(35)30-12-11-26-31-23-9-7-18(29)15-24(23)32-26/h3-10,15,19H,11-14,16-17H2,1-2H3,(H,30,35)(H,31,32)/t19-/m1/s1. The molecule has 2 aromatic heterocycles. The van der Waals surface area contributed by atoms with Gasteiger partial charge in [-0.1, -0.05) is 23.7 Å². The summed E-state index contributed by atoms with van der Waals surface area (Å²) in [6, 6.07) is 16.8. The Labute approximate surface area is 226 Å². The van der Waals surface area contributed by atoms with E-state index in [2.05, 4.69) is 15.3 Å². The number of aromatic amines is 1. The van der Waals surface area contributed by atoms with E-state index < -0.39 is 0 Å². The van der Waals surface area contributed by atoms with Crippen LogP contribution in [0.4, 0.5) is 5.82 Å². The number of pyridine rings is 1. The highest BCUT2D eigenvalue weighted by Gasteiger charge is 2.22. The number of amides is 1. The fourth-order valence-corrected chi connectivity index (χ4v) is 4.67. The molecule has 4 aromatic rings. The van der Waals surface area contributed by atoms with Crippen LogP contribution in [0.15, 0.2) is 54.6 Å². The molecule has 0 spiro atoms. The number of nitrogens with one attached hydrogen (secondary N) is 2. The summed E-state index contributed by atoms with van der Waals surface area (Å²) < 4.78 is 16.9. The summed E-state index contributed by atoms with van der Waals surface area (Å²) in [7, 11) is 3.54. The van der Waals surface area contributed by atoms with E-state index in [1.165, 1.54) is 0 Å². The van der Waals surface area contributed by atoms with E-state index in [9.17, 15) is 4.79 Å². The fraction of sp³-hybridized carbons (Fsp3) is 0.321. The van der Waals surface area contributed by atoms with Gasteiger partial charge < -0.3 is 29.4 Å². The highest BCUT2D eigenvalue weighted by Crippen LogP contribution is 2.31. The van der Waals surface area contributed by atoms with Crippen molar-refractivity contribution in [2.24, 2.45) is 0 Å². The van der Waals surface area contributed by atoms with E-state index in [0.29, 0.717) is 67.2 Å². The molecule has 1 aliphatic rings. The van der Waals surface area contributed by atoms with Crippen LogP contribution < -0.4 is 15.0 Å². The van der Waals surface area contributed by atoms with Crippen molar-refractivity contribution in [3.8, 4) is 17.0 Å². The Hall–Kier alpha value is -3.66. The molecular weight excluding hydrogens is 506 g/mol. The lowest BCUT2D eigenvalue weighted by Crippen LogP contribution is -2.39. The number of nitrogens with zero attached hydrogens (tertiary/aromatic N) is 3. The second-order valence-electron chi connectivity index (χ2n) is 9.07. The molecule has 1 saturated heterocycles. The Kier molecular flexibility index (Phi) is 8.07. The monoisotopic (exact) mass is 535 g/mol. The van der Waals surface area contributed by atoms with Gasteiger partial charge in [0.2, 0.25) is 0 Å². The third kappa shape index (κ3) is 5.91. The molecule has 1 amide bonds. The van der Waals surface area contributed by atoms with Gasteiger partial charge in [0.15, 0.2) is 0 Å². The largest absolute Gasteiger partial charge is 0.496 e. The van der Waals surface area contributed by atoms with Crippen molar-refractivity contribution in [2.45, 2.75) is 12.5 Å². The van der Waals surface area contributed by atoms with Crippen molar-refractivity contribution in [3.05, 3.63) is 71.0 Å². The first kappa shape index (κ1) is 26.0. The van der Waals surface area contributed by atoms with Gasteiger partial charge >= 0.3 is 0 Å². The smallest absolute Gasteiger partial charge is 0.255 e. The molecule has 198 valence electrons. The van der Waals surface area contributed by atoms with Crippen LogP contribution >= 0.6 is 11.6 Å². The van der Waals surface area contributed by atoms with Crippen LogP contribution in [-0.4, -0.2) is 74.0 Å². The highest BCUT2D eigenvalue weighted by atomic mass is 35.5. The van der Waals surface area contributed by atoms with Crippen molar-refractivity contribution in [1.82, 2.24) is 20.3 Å². The molecular formula is C28H30ClN5O4. The maximum atomic E-state index is 13.3. The molecule has 9 nitrogen and oxygen atoms in total. The van der Waals surface area contributed by atoms with Crippen molar-refractivity contribution in [3.63, 3.8) is 0 Å². The Balaban J connectivity index is 1.36. The molecule has 0 aliphatic carbocycles.